The van der Waals surface area contributed by atoms with Gasteiger partial charge >= 0.3 is 12.1 Å². The Morgan fingerprint density at radius 2 is 1.77 bits per heavy atom. The van der Waals surface area contributed by atoms with Crippen molar-refractivity contribution in [3.63, 3.8) is 0 Å². The molecule has 0 saturated carbocycles. The van der Waals surface area contributed by atoms with Gasteiger partial charge in [0.1, 0.15) is 23.7 Å². The molecule has 0 bridgehead atoms. The van der Waals surface area contributed by atoms with Crippen molar-refractivity contribution in [1.29, 1.82) is 0 Å². The molecule has 13 heteroatoms. The molecule has 4 aromatic rings. The van der Waals surface area contributed by atoms with Crippen LogP contribution in [0.25, 0.3) is 22.3 Å². The highest BCUT2D eigenvalue weighted by Gasteiger charge is 2.45. The largest absolute Gasteiger partial charge is 0.488 e. The molecule has 2 heterocycles. The van der Waals surface area contributed by atoms with Crippen molar-refractivity contribution in [3.05, 3.63) is 93.6 Å². The molecule has 3 aromatic carbocycles. The maximum Gasteiger partial charge on any atom is 0.416 e. The predicted octanol–water partition coefficient (Wildman–Crippen LogP) is 5.43. The van der Waals surface area contributed by atoms with Crippen LogP contribution in [-0.2, 0) is 21.0 Å². The van der Waals surface area contributed by atoms with Gasteiger partial charge in [0.25, 0.3) is 0 Å². The molecular weight excluding hydrogens is 575 g/mol. The van der Waals surface area contributed by atoms with Crippen LogP contribution >= 0.6 is 11.6 Å². The van der Waals surface area contributed by atoms with E-state index in [1.807, 2.05) is 0 Å². The van der Waals surface area contributed by atoms with Crippen molar-refractivity contribution < 1.29 is 40.6 Å². The summed E-state index contributed by atoms with van der Waals surface area (Å²) in [5.41, 5.74) is -1.60. The van der Waals surface area contributed by atoms with E-state index in [9.17, 15) is 36.3 Å². The Labute approximate surface area is 230 Å². The monoisotopic (exact) mass is 593 g/mol. The number of carboxylic acid groups (broad SMARTS) is 1. The van der Waals surface area contributed by atoms with Crippen LogP contribution in [0.2, 0.25) is 5.02 Å². The fourth-order valence-corrected chi connectivity index (χ4v) is 6.39. The predicted molar refractivity (Wildman–Crippen MR) is 139 cm³/mol. The minimum absolute atomic E-state index is 0.0180. The zero-order valence-corrected chi connectivity index (χ0v) is 21.8. The van der Waals surface area contributed by atoms with Gasteiger partial charge in [-0.3, -0.25) is 9.59 Å². The van der Waals surface area contributed by atoms with Gasteiger partial charge in [0.15, 0.2) is 11.0 Å². The number of sulfonamides is 1. The Balaban J connectivity index is 1.57. The number of ether oxygens (including phenoxy) is 1. The van der Waals surface area contributed by atoms with E-state index in [1.165, 1.54) is 36.4 Å². The van der Waals surface area contributed by atoms with Crippen molar-refractivity contribution in [1.82, 2.24) is 4.31 Å². The molecule has 1 aliphatic heterocycles. The lowest BCUT2D eigenvalue weighted by Gasteiger charge is -2.21. The first-order valence-electron chi connectivity index (χ1n) is 11.8. The quantitative estimate of drug-likeness (QED) is 0.317. The highest BCUT2D eigenvalue weighted by Crippen LogP contribution is 2.40. The van der Waals surface area contributed by atoms with Gasteiger partial charge in [0.05, 0.1) is 33.0 Å². The third-order valence-corrected chi connectivity index (χ3v) is 8.61. The van der Waals surface area contributed by atoms with E-state index in [0.29, 0.717) is 6.07 Å². The summed E-state index contributed by atoms with van der Waals surface area (Å²) >= 11 is 6.18. The molecule has 1 fully saturated rings. The van der Waals surface area contributed by atoms with Crippen LogP contribution in [0.15, 0.2) is 86.9 Å². The molecule has 1 aromatic heterocycles. The summed E-state index contributed by atoms with van der Waals surface area (Å²) in [5, 5.41) is 10.0. The highest BCUT2D eigenvalue weighted by molar-refractivity contribution is 7.89. The Hall–Kier alpha value is -3.87. The fourth-order valence-electron chi connectivity index (χ4n) is 4.53. The maximum absolute atomic E-state index is 13.6. The van der Waals surface area contributed by atoms with Gasteiger partial charge in [-0.25, -0.2) is 8.42 Å². The van der Waals surface area contributed by atoms with Crippen LogP contribution < -0.4 is 10.2 Å². The molecule has 1 aliphatic rings. The van der Waals surface area contributed by atoms with Gasteiger partial charge in [0.2, 0.25) is 10.0 Å². The summed E-state index contributed by atoms with van der Waals surface area (Å²) in [4.78, 5) is 24.6. The topological polar surface area (TPSA) is 114 Å². The van der Waals surface area contributed by atoms with Crippen LogP contribution in [0.1, 0.15) is 12.0 Å². The van der Waals surface area contributed by atoms with E-state index in [-0.39, 0.29) is 44.4 Å². The van der Waals surface area contributed by atoms with Gasteiger partial charge in [-0.15, -0.1) is 0 Å². The number of alkyl halides is 3. The molecule has 208 valence electrons. The fraction of sp³-hybridized carbons (Fsp3) is 0.185. The van der Waals surface area contributed by atoms with Crippen molar-refractivity contribution >= 4 is 38.6 Å². The zero-order valence-electron chi connectivity index (χ0n) is 20.3. The lowest BCUT2D eigenvalue weighted by molar-refractivity contribution is -0.140. The second-order valence-corrected chi connectivity index (χ2v) is 11.3. The average molecular weight is 594 g/mol. The number of rotatable bonds is 6. The number of halogens is 4. The Morgan fingerprint density at radius 1 is 1.05 bits per heavy atom. The van der Waals surface area contributed by atoms with E-state index in [0.717, 1.165) is 22.5 Å². The van der Waals surface area contributed by atoms with Crippen molar-refractivity contribution in [2.75, 3.05) is 6.54 Å². The third-order valence-electron chi connectivity index (χ3n) is 6.43. The number of hydrogen-bond donors (Lipinski definition) is 1. The summed E-state index contributed by atoms with van der Waals surface area (Å²) in [6.07, 6.45) is -6.24. The number of nitrogens with zero attached hydrogens (tertiary/aromatic N) is 1. The number of fused-ring (bicyclic) bond motifs is 1. The average Bonchev–Trinajstić information content (AvgIpc) is 3.34. The molecule has 2 atom stereocenters. The number of aliphatic carboxylic acids is 1. The molecule has 1 N–H and O–H groups in total. The smallest absolute Gasteiger partial charge is 0.416 e. The zero-order chi connectivity index (χ0) is 28.8. The van der Waals surface area contributed by atoms with Gasteiger partial charge in [-0.1, -0.05) is 35.9 Å². The lowest BCUT2D eigenvalue weighted by Crippen LogP contribution is -2.40. The Bertz CT molecular complexity index is 1770. The molecular formula is C27H19ClF3NO7S. The summed E-state index contributed by atoms with van der Waals surface area (Å²) in [6, 6.07) is 13.7. The summed E-state index contributed by atoms with van der Waals surface area (Å²) in [6.45, 7) is -0.447. The van der Waals surface area contributed by atoms with Crippen molar-refractivity contribution in [2.24, 2.45) is 0 Å². The molecule has 0 unspecified atom stereocenters. The van der Waals surface area contributed by atoms with Crippen LogP contribution in [0, 0.1) is 0 Å². The SMILES string of the molecule is O=C(O)[C@@H]1C[C@H](Oc2cc(C(F)(F)F)ccc2-c2cc(=O)c3cccc(Cl)c3o2)CN1S(=O)(=O)c1ccccc1. The molecule has 1 saturated heterocycles. The molecule has 5 rings (SSSR count). The molecule has 0 spiro atoms. The third kappa shape index (κ3) is 5.17. The van der Waals surface area contributed by atoms with Crippen molar-refractivity contribution in [3.8, 4) is 17.1 Å². The van der Waals surface area contributed by atoms with E-state index < -0.39 is 51.9 Å². The second-order valence-electron chi connectivity index (χ2n) is 9.02. The number of benzene rings is 3. The van der Waals surface area contributed by atoms with Crippen LogP contribution in [-0.4, -0.2) is 42.5 Å². The van der Waals surface area contributed by atoms with Gasteiger partial charge in [-0.05, 0) is 42.5 Å². The lowest BCUT2D eigenvalue weighted by atomic mass is 10.1. The Morgan fingerprint density at radius 3 is 2.45 bits per heavy atom. The normalized spacial score (nSPS) is 18.2. The van der Waals surface area contributed by atoms with Crippen LogP contribution in [0.4, 0.5) is 13.2 Å². The second kappa shape index (κ2) is 10.3. The van der Waals surface area contributed by atoms with E-state index in [2.05, 4.69) is 0 Å². The first-order chi connectivity index (χ1) is 18.9. The molecule has 40 heavy (non-hydrogen) atoms. The first-order valence-corrected chi connectivity index (χ1v) is 13.6. The van der Waals surface area contributed by atoms with Gasteiger partial charge in [0, 0.05) is 12.5 Å². The van der Waals surface area contributed by atoms with Crippen molar-refractivity contribution in [2.45, 2.75) is 29.6 Å². The molecule has 0 radical (unpaired) electrons. The van der Waals surface area contributed by atoms with Gasteiger partial charge < -0.3 is 14.3 Å². The summed E-state index contributed by atoms with van der Waals surface area (Å²) in [5.74, 6) is -1.96. The molecule has 0 aliphatic carbocycles. The molecule has 8 nitrogen and oxygen atoms in total. The number of para-hydroxylation sites is 1. The first kappa shape index (κ1) is 27.7. The number of carboxylic acids is 1. The standard InChI is InChI=1S/C27H19ClF3NO7S/c28-20-8-4-7-18-22(33)13-24(39-25(18)20)19-10-9-15(27(29,30)31)11-23(19)38-16-12-21(26(34)35)32(14-16)40(36,37)17-5-2-1-3-6-17/h1-11,13,16,21H,12,14H2,(H,34,35)/t16-,21-/m0/s1. The van der Waals surface area contributed by atoms with Crippen LogP contribution in [0.5, 0.6) is 5.75 Å². The van der Waals surface area contributed by atoms with E-state index in [4.69, 9.17) is 20.8 Å². The highest BCUT2D eigenvalue weighted by atomic mass is 35.5. The minimum atomic E-state index is -4.76. The summed E-state index contributed by atoms with van der Waals surface area (Å²) in [7, 11) is -4.27. The van der Waals surface area contributed by atoms with E-state index in [1.54, 1.807) is 12.1 Å². The minimum Gasteiger partial charge on any atom is -0.488 e. The number of carbonyl (C=O) groups is 1. The maximum atomic E-state index is 13.6. The van der Waals surface area contributed by atoms with Gasteiger partial charge in [-0.2, -0.15) is 17.5 Å². The molecule has 0 amide bonds. The van der Waals surface area contributed by atoms with E-state index >= 15 is 0 Å². The number of hydrogen-bond acceptors (Lipinski definition) is 6. The Kier molecular flexibility index (Phi) is 7.11. The summed E-state index contributed by atoms with van der Waals surface area (Å²) < 4.78 is 79.6. The van der Waals surface area contributed by atoms with Crippen LogP contribution in [0.3, 0.4) is 0 Å².